The fraction of sp³-hybridized carbons (Fsp3) is 0.500. The van der Waals surface area contributed by atoms with Crippen LogP contribution in [0.4, 0.5) is 0 Å². The van der Waals surface area contributed by atoms with Crippen LogP contribution in [0.5, 0.6) is 0 Å². The molecule has 3 heteroatoms. The zero-order valence-corrected chi connectivity index (χ0v) is 9.96. The molecule has 0 aliphatic carbocycles. The van der Waals surface area contributed by atoms with E-state index in [0.29, 0.717) is 0 Å². The van der Waals surface area contributed by atoms with Crippen LogP contribution in [0.15, 0.2) is 24.3 Å². The third-order valence-electron chi connectivity index (χ3n) is 2.55. The molecule has 0 heterocycles. The van der Waals surface area contributed by atoms with Crippen molar-refractivity contribution < 1.29 is 5.11 Å². The minimum Gasteiger partial charge on any atom is -0.395 e. The Morgan fingerprint density at radius 3 is 2.73 bits per heavy atom. The highest BCUT2D eigenvalue weighted by atomic mass is 35.5. The highest BCUT2D eigenvalue weighted by molar-refractivity contribution is 6.30. The molecular formula is C12H18ClNO. The third kappa shape index (κ3) is 3.82. The van der Waals surface area contributed by atoms with E-state index in [0.717, 1.165) is 17.0 Å². The molecule has 0 aliphatic rings. The van der Waals surface area contributed by atoms with Crippen LogP contribution >= 0.6 is 11.6 Å². The fourth-order valence-electron chi connectivity index (χ4n) is 1.53. The first-order valence-electron chi connectivity index (χ1n) is 5.29. The second-order valence-corrected chi connectivity index (χ2v) is 4.17. The smallest absolute Gasteiger partial charge is 0.0584 e. The Kier molecular flexibility index (Phi) is 5.09. The summed E-state index contributed by atoms with van der Waals surface area (Å²) in [5.41, 5.74) is 1.15. The topological polar surface area (TPSA) is 32.3 Å². The van der Waals surface area contributed by atoms with Gasteiger partial charge in [0.25, 0.3) is 0 Å². The van der Waals surface area contributed by atoms with Crippen LogP contribution in [0.3, 0.4) is 0 Å². The zero-order chi connectivity index (χ0) is 11.3. The number of aliphatic hydroxyl groups excluding tert-OH is 1. The van der Waals surface area contributed by atoms with E-state index in [9.17, 15) is 0 Å². The number of halogens is 1. The van der Waals surface area contributed by atoms with Gasteiger partial charge in [-0.1, -0.05) is 30.7 Å². The van der Waals surface area contributed by atoms with Crippen molar-refractivity contribution >= 4 is 11.6 Å². The molecule has 2 nitrogen and oxygen atoms in total. The average molecular weight is 228 g/mol. The van der Waals surface area contributed by atoms with Gasteiger partial charge in [-0.15, -0.1) is 0 Å². The molecule has 0 bridgehead atoms. The summed E-state index contributed by atoms with van der Waals surface area (Å²) in [6, 6.07) is 8.15. The summed E-state index contributed by atoms with van der Waals surface area (Å²) in [7, 11) is 0. The van der Waals surface area contributed by atoms with Crippen molar-refractivity contribution in [1.82, 2.24) is 5.32 Å². The van der Waals surface area contributed by atoms with Crippen LogP contribution < -0.4 is 5.32 Å². The maximum absolute atomic E-state index is 9.09. The number of hydrogen-bond donors (Lipinski definition) is 2. The van der Waals surface area contributed by atoms with Gasteiger partial charge < -0.3 is 10.4 Å². The normalized spacial score (nSPS) is 14.9. The van der Waals surface area contributed by atoms with E-state index in [-0.39, 0.29) is 18.7 Å². The summed E-state index contributed by atoms with van der Waals surface area (Å²) in [6.07, 6.45) is 0.918. The Morgan fingerprint density at radius 1 is 1.47 bits per heavy atom. The number of rotatable bonds is 5. The molecular weight excluding hydrogens is 210 g/mol. The maximum Gasteiger partial charge on any atom is 0.0584 e. The van der Waals surface area contributed by atoms with E-state index in [2.05, 4.69) is 19.2 Å². The molecule has 2 N–H and O–H groups in total. The lowest BCUT2D eigenvalue weighted by atomic mass is 10.1. The first-order valence-corrected chi connectivity index (χ1v) is 5.67. The Labute approximate surface area is 96.3 Å². The van der Waals surface area contributed by atoms with Gasteiger partial charge in [-0.25, -0.2) is 0 Å². The van der Waals surface area contributed by atoms with Crippen LogP contribution in [0.25, 0.3) is 0 Å². The molecule has 15 heavy (non-hydrogen) atoms. The molecule has 0 saturated heterocycles. The van der Waals surface area contributed by atoms with Gasteiger partial charge >= 0.3 is 0 Å². The van der Waals surface area contributed by atoms with Crippen molar-refractivity contribution in [2.45, 2.75) is 32.4 Å². The van der Waals surface area contributed by atoms with E-state index in [1.54, 1.807) is 0 Å². The summed E-state index contributed by atoms with van der Waals surface area (Å²) < 4.78 is 0. The van der Waals surface area contributed by atoms with Gasteiger partial charge in [0.15, 0.2) is 0 Å². The second-order valence-electron chi connectivity index (χ2n) is 3.73. The predicted molar refractivity (Wildman–Crippen MR) is 64.2 cm³/mol. The molecule has 1 rings (SSSR count). The number of benzene rings is 1. The number of nitrogens with one attached hydrogen (secondary N) is 1. The highest BCUT2D eigenvalue weighted by Gasteiger charge is 2.10. The van der Waals surface area contributed by atoms with Gasteiger partial charge in [-0.3, -0.25) is 0 Å². The van der Waals surface area contributed by atoms with Crippen LogP contribution in [-0.4, -0.2) is 17.8 Å². The quantitative estimate of drug-likeness (QED) is 0.811. The van der Waals surface area contributed by atoms with Gasteiger partial charge in [-0.05, 0) is 31.0 Å². The van der Waals surface area contributed by atoms with Crippen LogP contribution in [0.2, 0.25) is 5.02 Å². The largest absolute Gasteiger partial charge is 0.395 e. The number of hydrogen-bond acceptors (Lipinski definition) is 2. The van der Waals surface area contributed by atoms with E-state index in [1.807, 2.05) is 24.3 Å². The summed E-state index contributed by atoms with van der Waals surface area (Å²) in [5.74, 6) is 0. The lowest BCUT2D eigenvalue weighted by molar-refractivity contribution is 0.230. The monoisotopic (exact) mass is 227 g/mol. The van der Waals surface area contributed by atoms with Crippen molar-refractivity contribution in [1.29, 1.82) is 0 Å². The van der Waals surface area contributed by atoms with Crippen molar-refractivity contribution in [2.75, 3.05) is 6.61 Å². The molecule has 0 aliphatic heterocycles. The minimum atomic E-state index is 0.152. The summed E-state index contributed by atoms with van der Waals surface area (Å²) in [4.78, 5) is 0. The van der Waals surface area contributed by atoms with Gasteiger partial charge in [0.1, 0.15) is 0 Å². The standard InChI is InChI=1S/C12H18ClNO/c1-3-12(8-15)14-9(2)10-5-4-6-11(13)7-10/h4-7,9,12,14-15H,3,8H2,1-2H3/t9-,12+/m1/s1. The van der Waals surface area contributed by atoms with Gasteiger partial charge in [0, 0.05) is 17.1 Å². The molecule has 0 spiro atoms. The zero-order valence-electron chi connectivity index (χ0n) is 9.20. The number of aliphatic hydroxyl groups is 1. The third-order valence-corrected chi connectivity index (χ3v) is 2.78. The molecule has 1 aromatic rings. The maximum atomic E-state index is 9.09. The lowest BCUT2D eigenvalue weighted by Crippen LogP contribution is -2.33. The first-order chi connectivity index (χ1) is 7.17. The SMILES string of the molecule is CC[C@@H](CO)N[C@H](C)c1cccc(Cl)c1. The molecule has 2 atom stereocenters. The van der Waals surface area contributed by atoms with Gasteiger partial charge in [0.2, 0.25) is 0 Å². The molecule has 1 aromatic carbocycles. The Morgan fingerprint density at radius 2 is 2.20 bits per heavy atom. The molecule has 0 unspecified atom stereocenters. The first kappa shape index (κ1) is 12.5. The van der Waals surface area contributed by atoms with Gasteiger partial charge in [0.05, 0.1) is 6.61 Å². The van der Waals surface area contributed by atoms with E-state index in [1.165, 1.54) is 0 Å². The molecule has 0 aromatic heterocycles. The van der Waals surface area contributed by atoms with Crippen molar-refractivity contribution in [2.24, 2.45) is 0 Å². The summed E-state index contributed by atoms with van der Waals surface area (Å²) in [5, 5.41) is 13.2. The average Bonchev–Trinajstić information content (AvgIpc) is 2.25. The Bertz CT molecular complexity index is 299. The molecule has 0 fully saturated rings. The van der Waals surface area contributed by atoms with E-state index < -0.39 is 0 Å². The summed E-state index contributed by atoms with van der Waals surface area (Å²) >= 11 is 5.92. The predicted octanol–water partition coefficient (Wildman–Crippen LogP) is 2.76. The summed E-state index contributed by atoms with van der Waals surface area (Å²) in [6.45, 7) is 4.30. The lowest BCUT2D eigenvalue weighted by Gasteiger charge is -2.20. The molecule has 0 amide bonds. The van der Waals surface area contributed by atoms with Gasteiger partial charge in [-0.2, -0.15) is 0 Å². The Balaban J connectivity index is 2.64. The Hall–Kier alpha value is -0.570. The van der Waals surface area contributed by atoms with Crippen molar-refractivity contribution in [3.8, 4) is 0 Å². The molecule has 0 radical (unpaired) electrons. The van der Waals surface area contributed by atoms with Crippen LogP contribution in [0, 0.1) is 0 Å². The van der Waals surface area contributed by atoms with Crippen molar-refractivity contribution in [3.63, 3.8) is 0 Å². The van der Waals surface area contributed by atoms with Crippen LogP contribution in [-0.2, 0) is 0 Å². The molecule has 84 valence electrons. The van der Waals surface area contributed by atoms with E-state index >= 15 is 0 Å². The molecule has 0 saturated carbocycles. The second kappa shape index (κ2) is 6.11. The minimum absolute atomic E-state index is 0.152. The van der Waals surface area contributed by atoms with Crippen LogP contribution in [0.1, 0.15) is 31.9 Å². The highest BCUT2D eigenvalue weighted by Crippen LogP contribution is 2.17. The van der Waals surface area contributed by atoms with E-state index in [4.69, 9.17) is 16.7 Å². The van der Waals surface area contributed by atoms with Crippen molar-refractivity contribution in [3.05, 3.63) is 34.9 Å². The fourth-order valence-corrected chi connectivity index (χ4v) is 1.72.